The third-order valence-corrected chi connectivity index (χ3v) is 2.66. The van der Waals surface area contributed by atoms with Crippen molar-refractivity contribution in [1.82, 2.24) is 0 Å². The standard InChI is InChI=1S/C13H10BrNO3/c1-8(14)13(18)11-4-2-3-9(7-15)10(11)5-6-12(16)17/h2-6,8H,1H3,(H,16,17). The van der Waals surface area contributed by atoms with E-state index in [0.29, 0.717) is 11.1 Å². The minimum Gasteiger partial charge on any atom is -0.478 e. The number of carboxylic acids is 1. The number of nitriles is 1. The second-order valence-electron chi connectivity index (χ2n) is 3.53. The summed E-state index contributed by atoms with van der Waals surface area (Å²) in [6.45, 7) is 1.67. The van der Waals surface area contributed by atoms with Crippen molar-refractivity contribution in [2.45, 2.75) is 11.8 Å². The summed E-state index contributed by atoms with van der Waals surface area (Å²) >= 11 is 3.16. The Morgan fingerprint density at radius 2 is 2.17 bits per heavy atom. The van der Waals surface area contributed by atoms with Gasteiger partial charge in [-0.25, -0.2) is 4.79 Å². The first-order chi connectivity index (χ1) is 8.47. The fraction of sp³-hybridized carbons (Fsp3) is 0.154. The summed E-state index contributed by atoms with van der Waals surface area (Å²) in [5.41, 5.74) is 0.932. The Morgan fingerprint density at radius 1 is 1.50 bits per heavy atom. The van der Waals surface area contributed by atoms with Crippen LogP contribution >= 0.6 is 15.9 Å². The summed E-state index contributed by atoms with van der Waals surface area (Å²) in [6.07, 6.45) is 2.18. The van der Waals surface area contributed by atoms with Crippen molar-refractivity contribution >= 4 is 33.8 Å². The smallest absolute Gasteiger partial charge is 0.328 e. The molecule has 0 radical (unpaired) electrons. The highest BCUT2D eigenvalue weighted by Crippen LogP contribution is 2.20. The second kappa shape index (κ2) is 6.12. The summed E-state index contributed by atoms with van der Waals surface area (Å²) in [5, 5.41) is 17.6. The predicted octanol–water partition coefficient (Wildman–Crippen LogP) is 2.62. The lowest BCUT2D eigenvalue weighted by Gasteiger charge is -2.08. The molecule has 0 amide bonds. The molecule has 0 saturated heterocycles. The van der Waals surface area contributed by atoms with Gasteiger partial charge in [0, 0.05) is 17.2 Å². The van der Waals surface area contributed by atoms with Crippen molar-refractivity contribution < 1.29 is 14.7 Å². The number of aliphatic carboxylic acids is 1. The SMILES string of the molecule is CC(Br)C(=O)c1cccc(C#N)c1C=CC(=O)O. The highest BCUT2D eigenvalue weighted by atomic mass is 79.9. The fourth-order valence-electron chi connectivity index (χ4n) is 1.43. The summed E-state index contributed by atoms with van der Waals surface area (Å²) < 4.78 is 0. The molecule has 18 heavy (non-hydrogen) atoms. The van der Waals surface area contributed by atoms with E-state index in [1.807, 2.05) is 6.07 Å². The minimum absolute atomic E-state index is 0.197. The van der Waals surface area contributed by atoms with Gasteiger partial charge in [0.15, 0.2) is 5.78 Å². The van der Waals surface area contributed by atoms with E-state index in [1.165, 1.54) is 12.1 Å². The van der Waals surface area contributed by atoms with Crippen LogP contribution < -0.4 is 0 Å². The van der Waals surface area contributed by atoms with E-state index in [2.05, 4.69) is 15.9 Å². The van der Waals surface area contributed by atoms with E-state index < -0.39 is 10.8 Å². The first-order valence-electron chi connectivity index (χ1n) is 5.09. The van der Waals surface area contributed by atoms with E-state index in [-0.39, 0.29) is 11.3 Å². The number of alkyl halides is 1. The van der Waals surface area contributed by atoms with Crippen LogP contribution in [0.4, 0.5) is 0 Å². The summed E-state index contributed by atoms with van der Waals surface area (Å²) in [5.74, 6) is -1.33. The molecule has 0 bridgehead atoms. The number of carbonyl (C=O) groups excluding carboxylic acids is 1. The van der Waals surface area contributed by atoms with Crippen LogP contribution in [-0.4, -0.2) is 21.7 Å². The average molecular weight is 308 g/mol. The number of carbonyl (C=O) groups is 2. The zero-order valence-electron chi connectivity index (χ0n) is 9.55. The van der Waals surface area contributed by atoms with Gasteiger partial charge < -0.3 is 5.11 Å². The van der Waals surface area contributed by atoms with Crippen LogP contribution in [0.5, 0.6) is 0 Å². The molecule has 0 saturated carbocycles. The zero-order chi connectivity index (χ0) is 13.7. The number of rotatable bonds is 4. The number of hydrogen-bond acceptors (Lipinski definition) is 3. The average Bonchev–Trinajstić information content (AvgIpc) is 2.34. The number of Topliss-reactive ketones (excluding diaryl/α,β-unsaturated/α-hetero) is 1. The van der Waals surface area contributed by atoms with Crippen LogP contribution in [0, 0.1) is 11.3 Å². The zero-order valence-corrected chi connectivity index (χ0v) is 11.1. The number of nitrogens with zero attached hydrogens (tertiary/aromatic N) is 1. The first-order valence-corrected chi connectivity index (χ1v) is 6.01. The molecular formula is C13H10BrNO3. The molecule has 0 aromatic heterocycles. The van der Waals surface area contributed by atoms with Gasteiger partial charge in [0.2, 0.25) is 0 Å². The van der Waals surface area contributed by atoms with Gasteiger partial charge in [0.25, 0.3) is 0 Å². The van der Waals surface area contributed by atoms with Crippen LogP contribution in [0.2, 0.25) is 0 Å². The Bertz CT molecular complexity index is 556. The lowest BCUT2D eigenvalue weighted by molar-refractivity contribution is -0.131. The van der Waals surface area contributed by atoms with E-state index in [1.54, 1.807) is 19.1 Å². The molecule has 4 nitrogen and oxygen atoms in total. The van der Waals surface area contributed by atoms with Crippen LogP contribution in [0.1, 0.15) is 28.4 Å². The molecule has 1 aromatic carbocycles. The third kappa shape index (κ3) is 3.28. The van der Waals surface area contributed by atoms with Gasteiger partial charge in [0.1, 0.15) is 0 Å². The van der Waals surface area contributed by atoms with Gasteiger partial charge in [-0.1, -0.05) is 28.1 Å². The number of halogens is 1. The molecular weight excluding hydrogens is 298 g/mol. The monoisotopic (exact) mass is 307 g/mol. The van der Waals surface area contributed by atoms with Crippen molar-refractivity contribution in [3.05, 3.63) is 41.0 Å². The van der Waals surface area contributed by atoms with E-state index >= 15 is 0 Å². The molecule has 0 spiro atoms. The second-order valence-corrected chi connectivity index (χ2v) is 4.90. The maximum Gasteiger partial charge on any atom is 0.328 e. The van der Waals surface area contributed by atoms with Gasteiger partial charge in [0.05, 0.1) is 16.5 Å². The summed E-state index contributed by atoms with van der Waals surface area (Å²) in [4.78, 5) is 22.1. The molecule has 0 aliphatic rings. The fourth-order valence-corrected chi connectivity index (χ4v) is 1.67. The largest absolute Gasteiger partial charge is 0.478 e. The first kappa shape index (κ1) is 14.1. The van der Waals surface area contributed by atoms with Crippen molar-refractivity contribution in [3.63, 3.8) is 0 Å². The Kier molecular flexibility index (Phi) is 4.81. The quantitative estimate of drug-likeness (QED) is 0.527. The van der Waals surface area contributed by atoms with E-state index in [9.17, 15) is 9.59 Å². The van der Waals surface area contributed by atoms with Gasteiger partial charge in [-0.15, -0.1) is 0 Å². The van der Waals surface area contributed by atoms with Gasteiger partial charge in [-0.3, -0.25) is 4.79 Å². The van der Waals surface area contributed by atoms with Crippen molar-refractivity contribution in [2.75, 3.05) is 0 Å². The van der Waals surface area contributed by atoms with Crippen molar-refractivity contribution in [2.24, 2.45) is 0 Å². The Morgan fingerprint density at radius 3 is 2.67 bits per heavy atom. The molecule has 0 aliphatic heterocycles. The maximum atomic E-state index is 11.9. The molecule has 5 heteroatoms. The van der Waals surface area contributed by atoms with Crippen molar-refractivity contribution in [3.8, 4) is 6.07 Å². The molecule has 1 N–H and O–H groups in total. The van der Waals surface area contributed by atoms with Gasteiger partial charge in [-0.2, -0.15) is 5.26 Å². The van der Waals surface area contributed by atoms with Crippen LogP contribution in [-0.2, 0) is 4.79 Å². The third-order valence-electron chi connectivity index (χ3n) is 2.25. The Labute approximate surface area is 113 Å². The van der Waals surface area contributed by atoms with Crippen LogP contribution in [0.25, 0.3) is 6.08 Å². The number of ketones is 1. The summed E-state index contributed by atoms with van der Waals surface area (Å²) in [7, 11) is 0. The number of benzene rings is 1. The highest BCUT2D eigenvalue weighted by molar-refractivity contribution is 9.10. The van der Waals surface area contributed by atoms with E-state index in [4.69, 9.17) is 10.4 Å². The Hall–Kier alpha value is -1.93. The molecule has 0 aliphatic carbocycles. The molecule has 1 rings (SSSR count). The molecule has 1 aromatic rings. The normalized spacial score (nSPS) is 12.1. The van der Waals surface area contributed by atoms with Gasteiger partial charge >= 0.3 is 5.97 Å². The molecule has 0 fully saturated rings. The maximum absolute atomic E-state index is 11.9. The Balaban J connectivity index is 3.39. The van der Waals surface area contributed by atoms with Crippen LogP contribution in [0.15, 0.2) is 24.3 Å². The molecule has 1 atom stereocenters. The predicted molar refractivity (Wildman–Crippen MR) is 70.5 cm³/mol. The summed E-state index contributed by atoms with van der Waals surface area (Å²) in [6, 6.07) is 6.65. The number of hydrogen-bond donors (Lipinski definition) is 1. The van der Waals surface area contributed by atoms with E-state index in [0.717, 1.165) is 6.08 Å². The lowest BCUT2D eigenvalue weighted by atomic mass is 9.97. The minimum atomic E-state index is -1.13. The lowest BCUT2D eigenvalue weighted by Crippen LogP contribution is -2.12. The molecule has 1 unspecified atom stereocenters. The topological polar surface area (TPSA) is 78.2 Å². The van der Waals surface area contributed by atoms with Gasteiger partial charge in [-0.05, 0) is 19.1 Å². The van der Waals surface area contributed by atoms with Crippen molar-refractivity contribution in [1.29, 1.82) is 5.26 Å². The van der Waals surface area contributed by atoms with Crippen LogP contribution in [0.3, 0.4) is 0 Å². The molecule has 0 heterocycles. The molecule has 92 valence electrons. The highest BCUT2D eigenvalue weighted by Gasteiger charge is 2.17. The number of carboxylic acid groups (broad SMARTS) is 1.